The molecule has 0 fully saturated rings. The Morgan fingerprint density at radius 3 is 2.59 bits per heavy atom. The maximum absolute atomic E-state index is 12.2. The van der Waals surface area contributed by atoms with Crippen molar-refractivity contribution in [3.05, 3.63) is 46.8 Å². The van der Waals surface area contributed by atoms with Crippen LogP contribution in [0.2, 0.25) is 0 Å². The number of methoxy groups -OCH3 is 2. The fraction of sp³-hybridized carbons (Fsp3) is 0.333. The van der Waals surface area contributed by atoms with Gasteiger partial charge < -0.3 is 9.47 Å². The van der Waals surface area contributed by atoms with Crippen LogP contribution in [-0.4, -0.2) is 29.2 Å². The smallest absolute Gasteiger partial charge is 0.250 e. The summed E-state index contributed by atoms with van der Waals surface area (Å²) in [6, 6.07) is 10.8. The van der Waals surface area contributed by atoms with Gasteiger partial charge in [0.2, 0.25) is 10.0 Å². The van der Waals surface area contributed by atoms with Crippen molar-refractivity contribution in [2.45, 2.75) is 17.2 Å². The molecule has 1 aromatic heterocycles. The first-order valence-electron chi connectivity index (χ1n) is 6.69. The Bertz CT molecular complexity index is 725. The lowest BCUT2D eigenvalue weighted by molar-refractivity contribution is 0.107. The molecule has 7 heteroatoms. The third-order valence-electron chi connectivity index (χ3n) is 3.19. The molecule has 0 saturated carbocycles. The predicted octanol–water partition coefficient (Wildman–Crippen LogP) is 2.73. The second-order valence-electron chi connectivity index (χ2n) is 4.72. The second-order valence-corrected chi connectivity index (χ2v) is 8.00. The minimum atomic E-state index is -3.51. The summed E-state index contributed by atoms with van der Waals surface area (Å²) in [5.41, 5.74) is 0.854. The van der Waals surface area contributed by atoms with E-state index in [4.69, 9.17) is 9.47 Å². The fourth-order valence-electron chi connectivity index (χ4n) is 1.99. The second kappa shape index (κ2) is 7.23. The van der Waals surface area contributed by atoms with Gasteiger partial charge in [0.05, 0.1) is 13.2 Å². The van der Waals surface area contributed by atoms with E-state index in [9.17, 15) is 8.42 Å². The Morgan fingerprint density at radius 2 is 2.00 bits per heavy atom. The largest absolute Gasteiger partial charge is 0.497 e. The summed E-state index contributed by atoms with van der Waals surface area (Å²) < 4.78 is 37.9. The topological polar surface area (TPSA) is 64.6 Å². The highest BCUT2D eigenvalue weighted by molar-refractivity contribution is 7.91. The minimum Gasteiger partial charge on any atom is -0.497 e. The molecule has 1 aromatic carbocycles. The Morgan fingerprint density at radius 1 is 1.23 bits per heavy atom. The number of thiophene rings is 1. The SMILES string of the molecule is COc1cccc(C(CNS(=O)(=O)c2ccc(C)s2)OC)c1. The number of hydrogen-bond acceptors (Lipinski definition) is 5. The molecule has 0 saturated heterocycles. The van der Waals surface area contributed by atoms with E-state index in [-0.39, 0.29) is 12.6 Å². The van der Waals surface area contributed by atoms with Gasteiger partial charge in [0.25, 0.3) is 0 Å². The summed E-state index contributed by atoms with van der Waals surface area (Å²) in [5, 5.41) is 0. The molecular formula is C15H19NO4S2. The molecule has 1 N–H and O–H groups in total. The average Bonchev–Trinajstić information content (AvgIpc) is 2.95. The van der Waals surface area contributed by atoms with Gasteiger partial charge in [-0.1, -0.05) is 12.1 Å². The Balaban J connectivity index is 2.10. The van der Waals surface area contributed by atoms with Gasteiger partial charge in [-0.05, 0) is 36.8 Å². The first kappa shape index (κ1) is 17.0. The molecule has 0 amide bonds. The average molecular weight is 341 g/mol. The molecule has 5 nitrogen and oxygen atoms in total. The maximum Gasteiger partial charge on any atom is 0.250 e. The third-order valence-corrected chi connectivity index (χ3v) is 6.11. The summed E-state index contributed by atoms with van der Waals surface area (Å²) >= 11 is 1.24. The van der Waals surface area contributed by atoms with Gasteiger partial charge >= 0.3 is 0 Å². The van der Waals surface area contributed by atoms with Gasteiger partial charge in [0.1, 0.15) is 9.96 Å². The molecule has 22 heavy (non-hydrogen) atoms. The molecule has 0 radical (unpaired) electrons. The number of benzene rings is 1. The van der Waals surface area contributed by atoms with E-state index < -0.39 is 10.0 Å². The van der Waals surface area contributed by atoms with Gasteiger partial charge in [-0.2, -0.15) is 0 Å². The minimum absolute atomic E-state index is 0.156. The summed E-state index contributed by atoms with van der Waals surface area (Å²) in [7, 11) is -0.376. The molecule has 0 spiro atoms. The lowest BCUT2D eigenvalue weighted by atomic mass is 10.1. The van der Waals surface area contributed by atoms with E-state index in [2.05, 4.69) is 4.72 Å². The lowest BCUT2D eigenvalue weighted by Crippen LogP contribution is -2.28. The van der Waals surface area contributed by atoms with E-state index in [1.54, 1.807) is 26.4 Å². The number of rotatable bonds is 7. The van der Waals surface area contributed by atoms with Crippen molar-refractivity contribution in [3.63, 3.8) is 0 Å². The van der Waals surface area contributed by atoms with Gasteiger partial charge in [-0.15, -0.1) is 11.3 Å². The van der Waals surface area contributed by atoms with Crippen LogP contribution in [0.5, 0.6) is 5.75 Å². The molecule has 0 aliphatic heterocycles. The van der Waals surface area contributed by atoms with Crippen LogP contribution in [0.25, 0.3) is 0 Å². The van der Waals surface area contributed by atoms with Crippen molar-refractivity contribution in [1.82, 2.24) is 4.72 Å². The molecule has 2 aromatic rings. The summed E-state index contributed by atoms with van der Waals surface area (Å²) in [6.45, 7) is 2.03. The summed E-state index contributed by atoms with van der Waals surface area (Å²) in [6.07, 6.45) is -0.383. The molecular weight excluding hydrogens is 322 g/mol. The van der Waals surface area contributed by atoms with E-state index in [1.807, 2.05) is 31.2 Å². The van der Waals surface area contributed by atoms with E-state index in [1.165, 1.54) is 11.3 Å². The number of aryl methyl sites for hydroxylation is 1. The number of hydrogen-bond donors (Lipinski definition) is 1. The van der Waals surface area contributed by atoms with Gasteiger partial charge in [-0.25, -0.2) is 13.1 Å². The van der Waals surface area contributed by atoms with Crippen molar-refractivity contribution < 1.29 is 17.9 Å². The van der Waals surface area contributed by atoms with E-state index in [0.717, 1.165) is 10.4 Å². The van der Waals surface area contributed by atoms with Crippen LogP contribution in [0.4, 0.5) is 0 Å². The van der Waals surface area contributed by atoms with Crippen LogP contribution >= 0.6 is 11.3 Å². The van der Waals surface area contributed by atoms with Crippen molar-refractivity contribution in [2.24, 2.45) is 0 Å². The molecule has 0 bridgehead atoms. The van der Waals surface area contributed by atoms with Crippen molar-refractivity contribution in [1.29, 1.82) is 0 Å². The highest BCUT2D eigenvalue weighted by Gasteiger charge is 2.19. The first-order valence-corrected chi connectivity index (χ1v) is 8.99. The summed E-state index contributed by atoms with van der Waals surface area (Å²) in [4.78, 5) is 0.955. The first-order chi connectivity index (χ1) is 10.5. The zero-order valence-corrected chi connectivity index (χ0v) is 14.3. The highest BCUT2D eigenvalue weighted by Crippen LogP contribution is 2.23. The van der Waals surface area contributed by atoms with Crippen molar-refractivity contribution >= 4 is 21.4 Å². The number of nitrogens with one attached hydrogen (secondary N) is 1. The molecule has 1 unspecified atom stereocenters. The van der Waals surface area contributed by atoms with Crippen molar-refractivity contribution in [2.75, 3.05) is 20.8 Å². The molecule has 0 aliphatic rings. The summed E-state index contributed by atoms with van der Waals surface area (Å²) in [5.74, 6) is 0.705. The van der Waals surface area contributed by atoms with Crippen LogP contribution in [-0.2, 0) is 14.8 Å². The van der Waals surface area contributed by atoms with E-state index >= 15 is 0 Å². The normalized spacial score (nSPS) is 13.0. The molecule has 0 aliphatic carbocycles. The van der Waals surface area contributed by atoms with Crippen molar-refractivity contribution in [3.8, 4) is 5.75 Å². The molecule has 1 heterocycles. The quantitative estimate of drug-likeness (QED) is 0.841. The lowest BCUT2D eigenvalue weighted by Gasteiger charge is -2.17. The maximum atomic E-state index is 12.2. The third kappa shape index (κ3) is 4.07. The van der Waals surface area contributed by atoms with Crippen LogP contribution in [0, 0.1) is 6.92 Å². The molecule has 120 valence electrons. The van der Waals surface area contributed by atoms with Gasteiger partial charge in [0, 0.05) is 18.5 Å². The highest BCUT2D eigenvalue weighted by atomic mass is 32.2. The van der Waals surface area contributed by atoms with E-state index in [0.29, 0.717) is 9.96 Å². The number of ether oxygens (including phenoxy) is 2. The zero-order chi connectivity index (χ0) is 16.2. The van der Waals surface area contributed by atoms with Crippen LogP contribution < -0.4 is 9.46 Å². The van der Waals surface area contributed by atoms with Gasteiger partial charge in [0.15, 0.2) is 0 Å². The monoisotopic (exact) mass is 341 g/mol. The van der Waals surface area contributed by atoms with Crippen LogP contribution in [0.15, 0.2) is 40.6 Å². The number of sulfonamides is 1. The molecule has 1 atom stereocenters. The molecule has 2 rings (SSSR count). The Labute approximate surface area is 134 Å². The fourth-order valence-corrected chi connectivity index (χ4v) is 4.35. The van der Waals surface area contributed by atoms with Gasteiger partial charge in [-0.3, -0.25) is 0 Å². The predicted molar refractivity (Wildman–Crippen MR) is 87.0 cm³/mol. The Kier molecular flexibility index (Phi) is 5.57. The Hall–Kier alpha value is -1.41. The zero-order valence-electron chi connectivity index (χ0n) is 12.7. The standard InChI is InChI=1S/C15H19NO4S2/c1-11-7-8-15(21-11)22(17,18)16-10-14(20-3)12-5-4-6-13(9-12)19-2/h4-9,14,16H,10H2,1-3H3. The van der Waals surface area contributed by atoms with Crippen LogP contribution in [0.1, 0.15) is 16.5 Å². The van der Waals surface area contributed by atoms with Crippen LogP contribution in [0.3, 0.4) is 0 Å².